The van der Waals surface area contributed by atoms with E-state index in [4.69, 9.17) is 4.42 Å². The Morgan fingerprint density at radius 1 is 0.926 bits per heavy atom. The third-order valence-corrected chi connectivity index (χ3v) is 4.44. The molecule has 5 heteroatoms. The molecule has 1 heterocycles. The molecule has 0 bridgehead atoms. The van der Waals surface area contributed by atoms with E-state index in [0.717, 1.165) is 11.1 Å². The van der Waals surface area contributed by atoms with Crippen molar-refractivity contribution in [3.8, 4) is 11.5 Å². The highest BCUT2D eigenvalue weighted by atomic mass is 16.3. The van der Waals surface area contributed by atoms with Gasteiger partial charge in [-0.15, -0.1) is 0 Å². The number of rotatable bonds is 5. The van der Waals surface area contributed by atoms with E-state index in [9.17, 15) is 19.8 Å². The molecule has 2 N–H and O–H groups in total. The molecule has 1 aromatic heterocycles. The Bertz CT molecular complexity index is 1030. The van der Waals surface area contributed by atoms with E-state index in [1.807, 2.05) is 39.8 Å². The number of benzene rings is 1. The van der Waals surface area contributed by atoms with E-state index in [2.05, 4.69) is 0 Å². The molecule has 0 aliphatic heterocycles. The summed E-state index contributed by atoms with van der Waals surface area (Å²) in [6, 6.07) is 0. The lowest BCUT2D eigenvalue weighted by molar-refractivity contribution is 0.101. The summed E-state index contributed by atoms with van der Waals surface area (Å²) in [7, 11) is 0. The first kappa shape index (κ1) is 20.5. The van der Waals surface area contributed by atoms with Crippen molar-refractivity contribution in [2.24, 2.45) is 0 Å². The second kappa shape index (κ2) is 7.82. The highest BCUT2D eigenvalue weighted by Crippen LogP contribution is 2.40. The van der Waals surface area contributed by atoms with Crippen LogP contribution in [0.1, 0.15) is 61.9 Å². The number of aryl methyl sites for hydroxylation is 1. The molecule has 5 nitrogen and oxygen atoms in total. The Balaban J connectivity index is 3.00. The zero-order chi connectivity index (χ0) is 20.5. The molecule has 0 atom stereocenters. The molecule has 0 amide bonds. The molecule has 0 radical (unpaired) electrons. The average Bonchev–Trinajstić information content (AvgIpc) is 2.52. The fourth-order valence-electron chi connectivity index (χ4n) is 3.03. The minimum Gasteiger partial charge on any atom is -0.507 e. The Morgan fingerprint density at radius 3 is 1.93 bits per heavy atom. The molecular weight excluding hydrogens is 344 g/mol. The number of allylic oxidation sites excluding steroid dienone is 4. The Hall–Kier alpha value is -2.82. The third kappa shape index (κ3) is 3.97. The first-order valence-corrected chi connectivity index (χ1v) is 8.86. The molecule has 0 aliphatic carbocycles. The van der Waals surface area contributed by atoms with Gasteiger partial charge in [-0.1, -0.05) is 23.3 Å². The summed E-state index contributed by atoms with van der Waals surface area (Å²) in [6.45, 7) is 10.5. The lowest BCUT2D eigenvalue weighted by Gasteiger charge is -2.15. The second-order valence-corrected chi connectivity index (χ2v) is 7.25. The van der Waals surface area contributed by atoms with Crippen molar-refractivity contribution < 1.29 is 19.4 Å². The van der Waals surface area contributed by atoms with Crippen LogP contribution in [0.4, 0.5) is 0 Å². The monoisotopic (exact) mass is 370 g/mol. The van der Waals surface area contributed by atoms with Gasteiger partial charge in [0, 0.05) is 11.1 Å². The SMILES string of the molecule is CC(=O)c1c(C)oc2c(CC=C(C)C)c(O)c(CC=C(C)C)c(O)c2c1=O. The lowest BCUT2D eigenvalue weighted by Crippen LogP contribution is -2.16. The molecular formula is C22H26O5. The minimum absolute atomic E-state index is 0.0575. The number of fused-ring (bicyclic) bond motifs is 1. The number of carbonyl (C=O) groups is 1. The van der Waals surface area contributed by atoms with E-state index < -0.39 is 11.2 Å². The quantitative estimate of drug-likeness (QED) is 0.587. The summed E-state index contributed by atoms with van der Waals surface area (Å²) >= 11 is 0. The number of phenols is 2. The first-order chi connectivity index (χ1) is 12.6. The molecule has 0 unspecified atom stereocenters. The largest absolute Gasteiger partial charge is 0.507 e. The highest BCUT2D eigenvalue weighted by Gasteiger charge is 2.25. The number of phenolic OH excluding ortho intramolecular Hbond substituents is 2. The van der Waals surface area contributed by atoms with Crippen LogP contribution in [-0.2, 0) is 12.8 Å². The Labute approximate surface area is 158 Å². The van der Waals surface area contributed by atoms with Gasteiger partial charge in [-0.2, -0.15) is 0 Å². The van der Waals surface area contributed by atoms with Crippen molar-refractivity contribution in [1.82, 2.24) is 0 Å². The number of hydrogen-bond donors (Lipinski definition) is 2. The molecule has 0 aliphatic rings. The summed E-state index contributed by atoms with van der Waals surface area (Å²) in [4.78, 5) is 24.8. The van der Waals surface area contributed by atoms with E-state index in [0.29, 0.717) is 12.0 Å². The fraction of sp³-hybridized carbons (Fsp3) is 0.364. The third-order valence-electron chi connectivity index (χ3n) is 4.44. The maximum Gasteiger partial charge on any atom is 0.207 e. The minimum atomic E-state index is -0.573. The van der Waals surface area contributed by atoms with Crippen molar-refractivity contribution in [2.45, 2.75) is 54.4 Å². The van der Waals surface area contributed by atoms with Crippen LogP contribution in [0.2, 0.25) is 0 Å². The van der Waals surface area contributed by atoms with Gasteiger partial charge in [0.15, 0.2) is 5.78 Å². The van der Waals surface area contributed by atoms with Crippen LogP contribution in [0.3, 0.4) is 0 Å². The number of ketones is 1. The smallest absolute Gasteiger partial charge is 0.207 e. The van der Waals surface area contributed by atoms with Crippen molar-refractivity contribution in [2.75, 3.05) is 0 Å². The van der Waals surface area contributed by atoms with Crippen molar-refractivity contribution in [3.05, 3.63) is 56.0 Å². The van der Waals surface area contributed by atoms with Gasteiger partial charge in [0.05, 0.1) is 0 Å². The van der Waals surface area contributed by atoms with Crippen LogP contribution in [-0.4, -0.2) is 16.0 Å². The standard InChI is InChI=1S/C22H26O5/c1-11(2)7-9-15-19(24)16(10-8-12(3)4)22-18(20(15)25)21(26)17(13(5)23)14(6)27-22/h7-8,24-25H,9-10H2,1-6H3. The zero-order valence-corrected chi connectivity index (χ0v) is 16.7. The molecule has 1 aromatic carbocycles. The molecule has 2 rings (SSSR count). The van der Waals surface area contributed by atoms with Gasteiger partial charge in [-0.3, -0.25) is 9.59 Å². The van der Waals surface area contributed by atoms with Crippen LogP contribution >= 0.6 is 0 Å². The van der Waals surface area contributed by atoms with Gasteiger partial charge >= 0.3 is 0 Å². The predicted octanol–water partition coefficient (Wildman–Crippen LogP) is 4.73. The second-order valence-electron chi connectivity index (χ2n) is 7.25. The topological polar surface area (TPSA) is 87.7 Å². The van der Waals surface area contributed by atoms with Gasteiger partial charge in [-0.25, -0.2) is 0 Å². The predicted molar refractivity (Wildman–Crippen MR) is 107 cm³/mol. The average molecular weight is 370 g/mol. The number of carbonyl (C=O) groups excluding carboxylic acids is 1. The van der Waals surface area contributed by atoms with Gasteiger partial charge in [0.2, 0.25) is 5.43 Å². The summed E-state index contributed by atoms with van der Waals surface area (Å²) in [5.41, 5.74) is 2.21. The summed E-state index contributed by atoms with van der Waals surface area (Å²) < 4.78 is 5.76. The van der Waals surface area contributed by atoms with Crippen LogP contribution in [0, 0.1) is 6.92 Å². The van der Waals surface area contributed by atoms with Crippen molar-refractivity contribution >= 4 is 16.8 Å². The normalized spacial score (nSPS) is 10.7. The van der Waals surface area contributed by atoms with E-state index >= 15 is 0 Å². The number of aromatic hydroxyl groups is 2. The Morgan fingerprint density at radius 2 is 1.44 bits per heavy atom. The molecule has 0 saturated heterocycles. The summed E-state index contributed by atoms with van der Waals surface area (Å²) in [5, 5.41) is 21.5. The summed E-state index contributed by atoms with van der Waals surface area (Å²) in [5.74, 6) is -0.674. The van der Waals surface area contributed by atoms with Crippen LogP contribution < -0.4 is 5.43 Å². The summed E-state index contributed by atoms with van der Waals surface area (Å²) in [6.07, 6.45) is 4.37. The molecule has 144 valence electrons. The van der Waals surface area contributed by atoms with Gasteiger partial charge < -0.3 is 14.6 Å². The maximum absolute atomic E-state index is 13.0. The molecule has 0 fully saturated rings. The molecule has 0 spiro atoms. The maximum atomic E-state index is 13.0. The molecule has 2 aromatic rings. The van der Waals surface area contributed by atoms with Gasteiger partial charge in [0.25, 0.3) is 0 Å². The van der Waals surface area contributed by atoms with E-state index in [-0.39, 0.29) is 45.8 Å². The lowest BCUT2D eigenvalue weighted by atomic mass is 9.95. The van der Waals surface area contributed by atoms with E-state index in [1.165, 1.54) is 13.8 Å². The van der Waals surface area contributed by atoms with Crippen molar-refractivity contribution in [3.63, 3.8) is 0 Å². The van der Waals surface area contributed by atoms with E-state index in [1.54, 1.807) is 0 Å². The van der Waals surface area contributed by atoms with Crippen LogP contribution in [0.15, 0.2) is 32.5 Å². The molecule has 0 saturated carbocycles. The molecule has 27 heavy (non-hydrogen) atoms. The zero-order valence-electron chi connectivity index (χ0n) is 16.7. The number of Topliss-reactive ketones (excluding diaryl/α,β-unsaturated/α-hetero) is 1. The van der Waals surface area contributed by atoms with Gasteiger partial charge in [-0.05, 0) is 54.4 Å². The van der Waals surface area contributed by atoms with Crippen LogP contribution in [0.5, 0.6) is 11.5 Å². The number of hydrogen-bond acceptors (Lipinski definition) is 5. The van der Waals surface area contributed by atoms with Crippen molar-refractivity contribution in [1.29, 1.82) is 0 Å². The van der Waals surface area contributed by atoms with Gasteiger partial charge in [0.1, 0.15) is 33.8 Å². The fourth-order valence-corrected chi connectivity index (χ4v) is 3.03. The van der Waals surface area contributed by atoms with Crippen LogP contribution in [0.25, 0.3) is 11.0 Å². The first-order valence-electron chi connectivity index (χ1n) is 8.86. The Kier molecular flexibility index (Phi) is 5.94. The highest BCUT2D eigenvalue weighted by molar-refractivity contribution is 6.00.